The lowest BCUT2D eigenvalue weighted by atomic mass is 10.1. The SMILES string of the molecule is CCOc1cc2c(cc1NC(=O)c1ccoc1)O[C@H](C)C2. The van der Waals surface area contributed by atoms with E-state index in [1.807, 2.05) is 26.0 Å². The number of hydrogen-bond donors (Lipinski definition) is 1. The van der Waals surface area contributed by atoms with Crippen molar-refractivity contribution in [2.45, 2.75) is 26.4 Å². The minimum atomic E-state index is -0.240. The quantitative estimate of drug-likeness (QED) is 0.937. The van der Waals surface area contributed by atoms with Crippen molar-refractivity contribution in [3.05, 3.63) is 41.9 Å². The third kappa shape index (κ3) is 2.72. The monoisotopic (exact) mass is 287 g/mol. The summed E-state index contributed by atoms with van der Waals surface area (Å²) >= 11 is 0. The van der Waals surface area contributed by atoms with E-state index in [2.05, 4.69) is 5.32 Å². The van der Waals surface area contributed by atoms with Gasteiger partial charge in [-0.3, -0.25) is 4.79 Å². The van der Waals surface area contributed by atoms with Gasteiger partial charge in [-0.1, -0.05) is 0 Å². The van der Waals surface area contributed by atoms with Crippen LogP contribution in [0.4, 0.5) is 5.69 Å². The average Bonchev–Trinajstić information content (AvgIpc) is 3.07. The third-order valence-corrected chi connectivity index (χ3v) is 3.33. The molecule has 2 heterocycles. The number of furan rings is 1. The van der Waals surface area contributed by atoms with Gasteiger partial charge in [0.05, 0.1) is 24.1 Å². The van der Waals surface area contributed by atoms with E-state index in [-0.39, 0.29) is 12.0 Å². The van der Waals surface area contributed by atoms with E-state index in [0.29, 0.717) is 23.6 Å². The van der Waals surface area contributed by atoms with Crippen molar-refractivity contribution in [3.8, 4) is 11.5 Å². The summed E-state index contributed by atoms with van der Waals surface area (Å²) in [4.78, 5) is 12.1. The van der Waals surface area contributed by atoms with Crippen molar-refractivity contribution in [1.82, 2.24) is 0 Å². The first-order valence-electron chi connectivity index (χ1n) is 6.97. The Bertz CT molecular complexity index is 649. The predicted octanol–water partition coefficient (Wildman–Crippen LogP) is 3.25. The van der Waals surface area contributed by atoms with E-state index in [1.54, 1.807) is 6.07 Å². The molecule has 5 nitrogen and oxygen atoms in total. The molecule has 1 amide bonds. The Labute approximate surface area is 122 Å². The molecule has 21 heavy (non-hydrogen) atoms. The second-order valence-corrected chi connectivity index (χ2v) is 4.99. The topological polar surface area (TPSA) is 60.7 Å². The summed E-state index contributed by atoms with van der Waals surface area (Å²) < 4.78 is 16.3. The Hall–Kier alpha value is -2.43. The van der Waals surface area contributed by atoms with Crippen molar-refractivity contribution in [3.63, 3.8) is 0 Å². The summed E-state index contributed by atoms with van der Waals surface area (Å²) in [6, 6.07) is 5.37. The summed E-state index contributed by atoms with van der Waals surface area (Å²) in [6.07, 6.45) is 3.87. The van der Waals surface area contributed by atoms with Gasteiger partial charge in [0.1, 0.15) is 23.9 Å². The molecule has 1 aromatic carbocycles. The van der Waals surface area contributed by atoms with Crippen LogP contribution in [-0.2, 0) is 6.42 Å². The second kappa shape index (κ2) is 5.52. The van der Waals surface area contributed by atoms with Gasteiger partial charge in [-0.2, -0.15) is 0 Å². The molecular weight excluding hydrogens is 270 g/mol. The molecule has 0 fully saturated rings. The number of amides is 1. The van der Waals surface area contributed by atoms with E-state index >= 15 is 0 Å². The fraction of sp³-hybridized carbons (Fsp3) is 0.312. The number of hydrogen-bond acceptors (Lipinski definition) is 4. The lowest BCUT2D eigenvalue weighted by Gasteiger charge is -2.13. The van der Waals surface area contributed by atoms with Crippen LogP contribution in [0.2, 0.25) is 0 Å². The van der Waals surface area contributed by atoms with E-state index < -0.39 is 0 Å². The van der Waals surface area contributed by atoms with Crippen LogP contribution in [0, 0.1) is 0 Å². The number of benzene rings is 1. The first kappa shape index (κ1) is 13.5. The first-order chi connectivity index (χ1) is 10.2. The molecule has 0 unspecified atom stereocenters. The molecule has 1 N–H and O–H groups in total. The molecule has 0 spiro atoms. The van der Waals surface area contributed by atoms with Crippen LogP contribution in [-0.4, -0.2) is 18.6 Å². The van der Waals surface area contributed by atoms with Gasteiger partial charge in [0.2, 0.25) is 0 Å². The molecule has 5 heteroatoms. The normalized spacial score (nSPS) is 16.2. The van der Waals surface area contributed by atoms with Gasteiger partial charge < -0.3 is 19.2 Å². The highest BCUT2D eigenvalue weighted by Gasteiger charge is 2.22. The minimum Gasteiger partial charge on any atom is -0.492 e. The molecule has 0 saturated heterocycles. The zero-order chi connectivity index (χ0) is 14.8. The molecule has 1 aromatic heterocycles. The van der Waals surface area contributed by atoms with Crippen LogP contribution in [0.5, 0.6) is 11.5 Å². The highest BCUT2D eigenvalue weighted by Crippen LogP contribution is 2.38. The molecule has 0 bridgehead atoms. The van der Waals surface area contributed by atoms with Crippen LogP contribution < -0.4 is 14.8 Å². The maximum Gasteiger partial charge on any atom is 0.259 e. The number of rotatable bonds is 4. The smallest absolute Gasteiger partial charge is 0.259 e. The number of ether oxygens (including phenoxy) is 2. The van der Waals surface area contributed by atoms with Crippen LogP contribution >= 0.6 is 0 Å². The summed E-state index contributed by atoms with van der Waals surface area (Å²) in [6.45, 7) is 4.46. The predicted molar refractivity (Wildman–Crippen MR) is 78.1 cm³/mol. The van der Waals surface area contributed by atoms with E-state index in [1.165, 1.54) is 12.5 Å². The van der Waals surface area contributed by atoms with Gasteiger partial charge in [-0.05, 0) is 26.0 Å². The van der Waals surface area contributed by atoms with Crippen LogP contribution in [0.3, 0.4) is 0 Å². The van der Waals surface area contributed by atoms with E-state index in [4.69, 9.17) is 13.9 Å². The van der Waals surface area contributed by atoms with Crippen molar-refractivity contribution in [2.24, 2.45) is 0 Å². The molecule has 0 radical (unpaired) electrons. The lowest BCUT2D eigenvalue weighted by Crippen LogP contribution is -2.12. The molecule has 1 aliphatic heterocycles. The van der Waals surface area contributed by atoms with Gasteiger partial charge in [0, 0.05) is 18.1 Å². The Morgan fingerprint density at radius 3 is 3.05 bits per heavy atom. The molecule has 2 aromatic rings. The summed E-state index contributed by atoms with van der Waals surface area (Å²) in [5.74, 6) is 1.22. The fourth-order valence-electron chi connectivity index (χ4n) is 2.40. The van der Waals surface area contributed by atoms with Gasteiger partial charge in [0.15, 0.2) is 0 Å². The zero-order valence-corrected chi connectivity index (χ0v) is 12.0. The maximum atomic E-state index is 12.1. The van der Waals surface area contributed by atoms with Crippen LogP contribution in [0.15, 0.2) is 35.1 Å². The van der Waals surface area contributed by atoms with E-state index in [9.17, 15) is 4.79 Å². The van der Waals surface area contributed by atoms with Crippen molar-refractivity contribution in [2.75, 3.05) is 11.9 Å². The molecule has 1 aliphatic rings. The van der Waals surface area contributed by atoms with Gasteiger partial charge in [-0.25, -0.2) is 0 Å². The standard InChI is InChI=1S/C16H17NO4/c1-3-20-15-7-12-6-10(2)21-14(12)8-13(15)17-16(18)11-4-5-19-9-11/h4-5,7-10H,3,6H2,1-2H3,(H,17,18)/t10-/m1/s1. The highest BCUT2D eigenvalue weighted by atomic mass is 16.5. The van der Waals surface area contributed by atoms with Gasteiger partial charge >= 0.3 is 0 Å². The fourth-order valence-corrected chi connectivity index (χ4v) is 2.40. The highest BCUT2D eigenvalue weighted by molar-refractivity contribution is 6.05. The molecule has 0 aliphatic carbocycles. The van der Waals surface area contributed by atoms with Gasteiger partial charge in [-0.15, -0.1) is 0 Å². The van der Waals surface area contributed by atoms with E-state index in [0.717, 1.165) is 17.7 Å². The van der Waals surface area contributed by atoms with Crippen molar-refractivity contribution >= 4 is 11.6 Å². The lowest BCUT2D eigenvalue weighted by molar-refractivity contribution is 0.102. The average molecular weight is 287 g/mol. The Kier molecular flexibility index (Phi) is 3.56. The van der Waals surface area contributed by atoms with Crippen LogP contribution in [0.25, 0.3) is 0 Å². The number of carbonyl (C=O) groups is 1. The molecule has 1 atom stereocenters. The summed E-state index contributed by atoms with van der Waals surface area (Å²) in [5.41, 5.74) is 2.18. The first-order valence-corrected chi connectivity index (χ1v) is 6.97. The third-order valence-electron chi connectivity index (χ3n) is 3.33. The van der Waals surface area contributed by atoms with Crippen molar-refractivity contribution < 1.29 is 18.7 Å². The Morgan fingerprint density at radius 2 is 2.33 bits per heavy atom. The molecular formula is C16H17NO4. The minimum absolute atomic E-state index is 0.148. The number of carbonyl (C=O) groups excluding carboxylic acids is 1. The summed E-state index contributed by atoms with van der Waals surface area (Å²) in [7, 11) is 0. The molecule has 110 valence electrons. The maximum absolute atomic E-state index is 12.1. The molecule has 3 rings (SSSR count). The largest absolute Gasteiger partial charge is 0.492 e. The number of anilines is 1. The zero-order valence-electron chi connectivity index (χ0n) is 12.0. The number of fused-ring (bicyclic) bond motifs is 1. The second-order valence-electron chi connectivity index (χ2n) is 4.99. The Balaban J connectivity index is 1.90. The van der Waals surface area contributed by atoms with Crippen molar-refractivity contribution in [1.29, 1.82) is 0 Å². The number of nitrogens with one attached hydrogen (secondary N) is 1. The Morgan fingerprint density at radius 1 is 1.48 bits per heavy atom. The molecule has 0 saturated carbocycles. The van der Waals surface area contributed by atoms with Crippen LogP contribution in [0.1, 0.15) is 29.8 Å². The van der Waals surface area contributed by atoms with Gasteiger partial charge in [0.25, 0.3) is 5.91 Å². The summed E-state index contributed by atoms with van der Waals surface area (Å²) in [5, 5.41) is 2.84.